The molecule has 0 saturated heterocycles. The summed E-state index contributed by atoms with van der Waals surface area (Å²) < 4.78 is 40.2. The van der Waals surface area contributed by atoms with E-state index in [0.29, 0.717) is 0 Å². The van der Waals surface area contributed by atoms with E-state index in [4.69, 9.17) is 4.74 Å². The van der Waals surface area contributed by atoms with E-state index in [1.165, 1.54) is 0 Å². The highest BCUT2D eigenvalue weighted by atomic mass is 19.4. The second kappa shape index (κ2) is 6.23. The monoisotopic (exact) mass is 238 g/mol. The number of alkyl halides is 3. The zero-order valence-corrected chi connectivity index (χ0v) is 9.18. The molecular formula is C11H17F3O2. The molecule has 0 aromatic rings. The molecule has 94 valence electrons. The van der Waals surface area contributed by atoms with Crippen LogP contribution in [0.15, 0.2) is 0 Å². The van der Waals surface area contributed by atoms with Crippen molar-refractivity contribution in [1.82, 2.24) is 0 Å². The Kier molecular flexibility index (Phi) is 5.25. The molecule has 0 heterocycles. The molecule has 0 aromatic carbocycles. The number of hydrogen-bond acceptors (Lipinski definition) is 2. The molecule has 1 saturated carbocycles. The third kappa shape index (κ3) is 5.49. The third-order valence-electron chi connectivity index (χ3n) is 2.80. The fraction of sp³-hybridized carbons (Fsp3) is 0.909. The van der Waals surface area contributed by atoms with Gasteiger partial charge >= 0.3 is 6.18 Å². The highest BCUT2D eigenvalue weighted by Crippen LogP contribution is 2.25. The molecule has 0 radical (unpaired) electrons. The SMILES string of the molecule is O=C(COCCCC(F)(F)F)C1CCCC1. The first-order valence-corrected chi connectivity index (χ1v) is 5.66. The number of ketones is 1. The second-order valence-electron chi connectivity index (χ2n) is 4.22. The summed E-state index contributed by atoms with van der Waals surface area (Å²) in [7, 11) is 0. The Labute approximate surface area is 93.2 Å². The highest BCUT2D eigenvalue weighted by Gasteiger charge is 2.26. The van der Waals surface area contributed by atoms with Crippen molar-refractivity contribution in [3.63, 3.8) is 0 Å². The summed E-state index contributed by atoms with van der Waals surface area (Å²) in [4.78, 5) is 11.5. The fourth-order valence-electron chi connectivity index (χ4n) is 1.91. The molecule has 0 aromatic heterocycles. The summed E-state index contributed by atoms with van der Waals surface area (Å²) in [6.07, 6.45) is -1.07. The minimum absolute atomic E-state index is 0.0119. The summed E-state index contributed by atoms with van der Waals surface area (Å²) in [5.74, 6) is 0.132. The van der Waals surface area contributed by atoms with E-state index in [9.17, 15) is 18.0 Å². The van der Waals surface area contributed by atoms with Gasteiger partial charge in [0.1, 0.15) is 6.61 Å². The van der Waals surface area contributed by atoms with Crippen LogP contribution in [0.2, 0.25) is 0 Å². The highest BCUT2D eigenvalue weighted by molar-refractivity contribution is 5.82. The van der Waals surface area contributed by atoms with Crippen molar-refractivity contribution < 1.29 is 22.7 Å². The molecule has 0 aliphatic heterocycles. The topological polar surface area (TPSA) is 26.3 Å². The average molecular weight is 238 g/mol. The van der Waals surface area contributed by atoms with Crippen LogP contribution in [-0.2, 0) is 9.53 Å². The van der Waals surface area contributed by atoms with Crippen LogP contribution in [0.5, 0.6) is 0 Å². The van der Waals surface area contributed by atoms with Crippen LogP contribution >= 0.6 is 0 Å². The lowest BCUT2D eigenvalue weighted by molar-refractivity contribution is -0.138. The minimum Gasteiger partial charge on any atom is -0.374 e. The van der Waals surface area contributed by atoms with Crippen LogP contribution in [0.1, 0.15) is 38.5 Å². The molecule has 5 heteroatoms. The van der Waals surface area contributed by atoms with Crippen LogP contribution in [0.25, 0.3) is 0 Å². The predicted octanol–water partition coefficient (Wildman–Crippen LogP) is 3.10. The van der Waals surface area contributed by atoms with Gasteiger partial charge in [-0.1, -0.05) is 12.8 Å². The Bertz CT molecular complexity index is 220. The number of halogens is 3. The van der Waals surface area contributed by atoms with Crippen molar-refractivity contribution in [1.29, 1.82) is 0 Å². The second-order valence-corrected chi connectivity index (χ2v) is 4.22. The van der Waals surface area contributed by atoms with Crippen molar-refractivity contribution in [3.05, 3.63) is 0 Å². The van der Waals surface area contributed by atoms with Crippen LogP contribution in [-0.4, -0.2) is 25.2 Å². The Balaban J connectivity index is 2.00. The van der Waals surface area contributed by atoms with E-state index >= 15 is 0 Å². The number of carbonyl (C=O) groups excluding carboxylic acids is 1. The van der Waals surface area contributed by atoms with Gasteiger partial charge < -0.3 is 4.74 Å². The summed E-state index contributed by atoms with van der Waals surface area (Å²) in [5.41, 5.74) is 0. The Morgan fingerprint density at radius 3 is 2.44 bits per heavy atom. The first-order valence-electron chi connectivity index (χ1n) is 5.66. The molecule has 1 aliphatic carbocycles. The fourth-order valence-corrected chi connectivity index (χ4v) is 1.91. The molecule has 16 heavy (non-hydrogen) atoms. The molecular weight excluding hydrogens is 221 g/mol. The summed E-state index contributed by atoms with van der Waals surface area (Å²) >= 11 is 0. The molecule has 0 N–H and O–H groups in total. The van der Waals surface area contributed by atoms with Crippen molar-refractivity contribution in [2.45, 2.75) is 44.7 Å². The van der Waals surface area contributed by atoms with Gasteiger partial charge in [-0.3, -0.25) is 4.79 Å². The van der Waals surface area contributed by atoms with E-state index in [0.717, 1.165) is 25.7 Å². The lowest BCUT2D eigenvalue weighted by Crippen LogP contribution is -2.18. The standard InChI is InChI=1S/C11H17F3O2/c12-11(13,14)6-3-7-16-8-10(15)9-4-1-2-5-9/h9H,1-8H2. The van der Waals surface area contributed by atoms with Crippen LogP contribution in [0.3, 0.4) is 0 Å². The molecule has 0 atom stereocenters. The van der Waals surface area contributed by atoms with Crippen molar-refractivity contribution in [2.75, 3.05) is 13.2 Å². The molecule has 2 nitrogen and oxygen atoms in total. The first-order chi connectivity index (χ1) is 7.49. The summed E-state index contributed by atoms with van der Waals surface area (Å²) in [6.45, 7) is -0.0134. The van der Waals surface area contributed by atoms with Crippen LogP contribution in [0.4, 0.5) is 13.2 Å². The van der Waals surface area contributed by atoms with Gasteiger partial charge in [0, 0.05) is 18.9 Å². The quantitative estimate of drug-likeness (QED) is 0.664. The maximum absolute atomic E-state index is 11.8. The van der Waals surface area contributed by atoms with Gasteiger partial charge in [0.25, 0.3) is 0 Å². The van der Waals surface area contributed by atoms with Gasteiger partial charge in [-0.25, -0.2) is 0 Å². The third-order valence-corrected chi connectivity index (χ3v) is 2.80. The molecule has 0 bridgehead atoms. The molecule has 0 amide bonds. The molecule has 0 unspecified atom stereocenters. The number of carbonyl (C=O) groups is 1. The number of ether oxygens (including phenoxy) is 1. The molecule has 0 spiro atoms. The average Bonchev–Trinajstić information content (AvgIpc) is 2.67. The minimum atomic E-state index is -4.13. The van der Waals surface area contributed by atoms with Gasteiger partial charge in [-0.2, -0.15) is 13.2 Å². The normalized spacial score (nSPS) is 17.9. The van der Waals surface area contributed by atoms with Crippen molar-refractivity contribution in [2.24, 2.45) is 5.92 Å². The van der Waals surface area contributed by atoms with Crippen LogP contribution < -0.4 is 0 Å². The maximum Gasteiger partial charge on any atom is 0.389 e. The summed E-state index contributed by atoms with van der Waals surface area (Å²) in [6, 6.07) is 0. The van der Waals surface area contributed by atoms with E-state index in [1.807, 2.05) is 0 Å². The van der Waals surface area contributed by atoms with Gasteiger partial charge in [0.2, 0.25) is 0 Å². The van der Waals surface area contributed by atoms with Gasteiger partial charge in [0.05, 0.1) is 0 Å². The molecule has 1 aliphatic rings. The van der Waals surface area contributed by atoms with E-state index in [1.54, 1.807) is 0 Å². The largest absolute Gasteiger partial charge is 0.389 e. The Morgan fingerprint density at radius 1 is 1.25 bits per heavy atom. The predicted molar refractivity (Wildman–Crippen MR) is 53.1 cm³/mol. The molecule has 1 rings (SSSR count). The first kappa shape index (κ1) is 13.5. The Morgan fingerprint density at radius 2 is 1.88 bits per heavy atom. The van der Waals surface area contributed by atoms with Crippen molar-refractivity contribution >= 4 is 5.78 Å². The van der Waals surface area contributed by atoms with Gasteiger partial charge in [-0.15, -0.1) is 0 Å². The summed E-state index contributed by atoms with van der Waals surface area (Å²) in [5, 5.41) is 0. The van der Waals surface area contributed by atoms with Gasteiger partial charge in [-0.05, 0) is 19.3 Å². The number of Topliss-reactive ketones (excluding diaryl/α,β-unsaturated/α-hetero) is 1. The van der Waals surface area contributed by atoms with Crippen molar-refractivity contribution in [3.8, 4) is 0 Å². The smallest absolute Gasteiger partial charge is 0.374 e. The zero-order chi connectivity index (χ0) is 12.0. The van der Waals surface area contributed by atoms with E-state index < -0.39 is 12.6 Å². The lowest BCUT2D eigenvalue weighted by Gasteiger charge is -2.09. The van der Waals surface area contributed by atoms with E-state index in [2.05, 4.69) is 0 Å². The van der Waals surface area contributed by atoms with Gasteiger partial charge in [0.15, 0.2) is 5.78 Å². The van der Waals surface area contributed by atoms with Crippen LogP contribution in [0, 0.1) is 5.92 Å². The number of rotatable bonds is 6. The Hall–Kier alpha value is -0.580. The maximum atomic E-state index is 11.8. The number of hydrogen-bond donors (Lipinski definition) is 0. The zero-order valence-electron chi connectivity index (χ0n) is 9.18. The molecule has 1 fully saturated rings. The lowest BCUT2D eigenvalue weighted by atomic mass is 10.0. The van der Waals surface area contributed by atoms with E-state index in [-0.39, 0.29) is 31.3 Å².